The van der Waals surface area contributed by atoms with E-state index in [0.717, 1.165) is 24.2 Å². The van der Waals surface area contributed by atoms with E-state index >= 15 is 0 Å². The number of carboxylic acids is 1. The van der Waals surface area contributed by atoms with Crippen LogP contribution in [0.15, 0.2) is 18.2 Å². The van der Waals surface area contributed by atoms with E-state index in [-0.39, 0.29) is 6.10 Å². The minimum absolute atomic E-state index is 0.184. The Bertz CT molecular complexity index is 417. The second-order valence-electron chi connectivity index (χ2n) is 4.11. The summed E-state index contributed by atoms with van der Waals surface area (Å²) in [6, 6.07) is 4.45. The highest BCUT2D eigenvalue weighted by Gasteiger charge is 2.24. The van der Waals surface area contributed by atoms with Crippen LogP contribution < -0.4 is 10.5 Å². The first kappa shape index (κ1) is 11.0. The van der Waals surface area contributed by atoms with E-state index in [9.17, 15) is 4.79 Å². The highest BCUT2D eigenvalue weighted by Crippen LogP contribution is 2.32. The number of rotatable bonds is 2. The molecule has 0 amide bonds. The number of nitrogens with two attached hydrogens (primary N) is 1. The molecule has 0 radical (unpaired) electrons. The smallest absolute Gasteiger partial charge is 0.325 e. The Morgan fingerprint density at radius 1 is 1.62 bits per heavy atom. The lowest BCUT2D eigenvalue weighted by molar-refractivity contribution is -0.138. The van der Waals surface area contributed by atoms with Crippen molar-refractivity contribution in [3.05, 3.63) is 29.3 Å². The lowest BCUT2D eigenvalue weighted by atomic mass is 9.94. The maximum absolute atomic E-state index is 10.9. The summed E-state index contributed by atoms with van der Waals surface area (Å²) in [5.41, 5.74) is 7.25. The normalized spacial score (nSPS) is 20.8. The molecule has 86 valence electrons. The van der Waals surface area contributed by atoms with Gasteiger partial charge in [0.15, 0.2) is 0 Å². The van der Waals surface area contributed by atoms with Crippen molar-refractivity contribution >= 4 is 5.97 Å². The number of ether oxygens (including phenoxy) is 1. The molecule has 0 bridgehead atoms. The quantitative estimate of drug-likeness (QED) is 0.793. The topological polar surface area (TPSA) is 72.6 Å². The van der Waals surface area contributed by atoms with Gasteiger partial charge in [0.2, 0.25) is 0 Å². The summed E-state index contributed by atoms with van der Waals surface area (Å²) in [5.74, 6) is -0.236. The van der Waals surface area contributed by atoms with Gasteiger partial charge in [-0.25, -0.2) is 0 Å². The summed E-state index contributed by atoms with van der Waals surface area (Å²) in [7, 11) is 0. The molecule has 1 aromatic rings. The monoisotopic (exact) mass is 221 g/mol. The first-order chi connectivity index (χ1) is 7.59. The summed E-state index contributed by atoms with van der Waals surface area (Å²) in [5, 5.41) is 8.92. The number of hydrogen-bond acceptors (Lipinski definition) is 3. The largest absolute Gasteiger partial charge is 0.490 e. The van der Waals surface area contributed by atoms with Crippen LogP contribution in [0.5, 0.6) is 5.75 Å². The van der Waals surface area contributed by atoms with Gasteiger partial charge in [0.25, 0.3) is 0 Å². The molecule has 0 aromatic heterocycles. The molecule has 2 atom stereocenters. The molecule has 0 saturated carbocycles. The molecule has 2 unspecified atom stereocenters. The molecule has 0 spiro atoms. The molecular formula is C12H15NO3. The minimum atomic E-state index is -1.01. The van der Waals surface area contributed by atoms with Crippen LogP contribution in [0, 0.1) is 0 Å². The Kier molecular flexibility index (Phi) is 2.83. The Morgan fingerprint density at radius 2 is 2.38 bits per heavy atom. The number of benzene rings is 1. The fraction of sp³-hybridized carbons (Fsp3) is 0.417. The van der Waals surface area contributed by atoms with Crippen molar-refractivity contribution in [3.63, 3.8) is 0 Å². The third kappa shape index (κ3) is 1.88. The van der Waals surface area contributed by atoms with Gasteiger partial charge < -0.3 is 15.6 Å². The minimum Gasteiger partial charge on any atom is -0.490 e. The van der Waals surface area contributed by atoms with E-state index in [2.05, 4.69) is 0 Å². The Morgan fingerprint density at radius 3 is 3.06 bits per heavy atom. The molecule has 1 aromatic carbocycles. The summed E-state index contributed by atoms with van der Waals surface area (Å²) in [4.78, 5) is 10.9. The fourth-order valence-corrected chi connectivity index (χ4v) is 2.01. The molecule has 0 saturated heterocycles. The molecule has 16 heavy (non-hydrogen) atoms. The first-order valence-corrected chi connectivity index (χ1v) is 5.36. The second-order valence-corrected chi connectivity index (χ2v) is 4.11. The van der Waals surface area contributed by atoms with Crippen LogP contribution in [0.1, 0.15) is 30.5 Å². The van der Waals surface area contributed by atoms with Crippen LogP contribution in [-0.2, 0) is 11.2 Å². The molecule has 2 rings (SSSR count). The van der Waals surface area contributed by atoms with Crippen LogP contribution >= 0.6 is 0 Å². The van der Waals surface area contributed by atoms with Gasteiger partial charge >= 0.3 is 5.97 Å². The highest BCUT2D eigenvalue weighted by atomic mass is 16.5. The average molecular weight is 221 g/mol. The summed E-state index contributed by atoms with van der Waals surface area (Å²) in [6.45, 7) is 2.01. The third-order valence-electron chi connectivity index (χ3n) is 2.90. The van der Waals surface area contributed by atoms with Crippen molar-refractivity contribution < 1.29 is 14.6 Å². The van der Waals surface area contributed by atoms with Crippen LogP contribution in [0.4, 0.5) is 0 Å². The summed E-state index contributed by atoms with van der Waals surface area (Å²) in [6.07, 6.45) is 1.91. The van der Waals surface area contributed by atoms with E-state index in [1.807, 2.05) is 13.0 Å². The molecule has 1 aliphatic heterocycles. The zero-order valence-corrected chi connectivity index (χ0v) is 9.14. The van der Waals surface area contributed by atoms with E-state index < -0.39 is 12.0 Å². The molecule has 1 aliphatic rings. The molecule has 1 heterocycles. The number of carbonyl (C=O) groups is 1. The van der Waals surface area contributed by atoms with Crippen LogP contribution in [0.2, 0.25) is 0 Å². The van der Waals surface area contributed by atoms with E-state index in [1.54, 1.807) is 12.1 Å². The molecule has 0 aliphatic carbocycles. The zero-order chi connectivity index (χ0) is 11.7. The maximum Gasteiger partial charge on any atom is 0.325 e. The lowest BCUT2D eigenvalue weighted by Crippen LogP contribution is -2.25. The van der Waals surface area contributed by atoms with Crippen LogP contribution in [-0.4, -0.2) is 17.2 Å². The second kappa shape index (κ2) is 4.14. The van der Waals surface area contributed by atoms with Gasteiger partial charge in [0, 0.05) is 0 Å². The highest BCUT2D eigenvalue weighted by molar-refractivity contribution is 5.76. The third-order valence-corrected chi connectivity index (χ3v) is 2.90. The number of aliphatic carboxylic acids is 1. The number of fused-ring (bicyclic) bond motifs is 1. The first-order valence-electron chi connectivity index (χ1n) is 5.36. The van der Waals surface area contributed by atoms with Crippen molar-refractivity contribution in [3.8, 4) is 5.75 Å². The lowest BCUT2D eigenvalue weighted by Gasteiger charge is -2.26. The van der Waals surface area contributed by atoms with Gasteiger partial charge in [0.05, 0.1) is 6.10 Å². The molecular weight excluding hydrogens is 206 g/mol. The van der Waals surface area contributed by atoms with E-state index in [4.69, 9.17) is 15.6 Å². The molecule has 3 N–H and O–H groups in total. The van der Waals surface area contributed by atoms with Gasteiger partial charge in [-0.15, -0.1) is 0 Å². The van der Waals surface area contributed by atoms with Crippen molar-refractivity contribution in [1.82, 2.24) is 0 Å². The predicted octanol–water partition coefficient (Wildman–Crippen LogP) is 1.48. The van der Waals surface area contributed by atoms with Gasteiger partial charge in [-0.1, -0.05) is 12.1 Å². The molecule has 4 nitrogen and oxygen atoms in total. The van der Waals surface area contributed by atoms with Gasteiger partial charge in [-0.2, -0.15) is 0 Å². The van der Waals surface area contributed by atoms with Gasteiger partial charge in [-0.05, 0) is 37.0 Å². The SMILES string of the molecule is CC1CCc2c(cccc2C(N)C(=O)O)O1. The van der Waals surface area contributed by atoms with Crippen molar-refractivity contribution in [2.24, 2.45) is 5.73 Å². The zero-order valence-electron chi connectivity index (χ0n) is 9.14. The summed E-state index contributed by atoms with van der Waals surface area (Å²) >= 11 is 0. The van der Waals surface area contributed by atoms with Crippen molar-refractivity contribution in [2.75, 3.05) is 0 Å². The number of hydrogen-bond donors (Lipinski definition) is 2. The standard InChI is InChI=1S/C12H15NO3/c1-7-5-6-8-9(11(13)12(14)15)3-2-4-10(8)16-7/h2-4,7,11H,5-6,13H2,1H3,(H,14,15). The fourth-order valence-electron chi connectivity index (χ4n) is 2.01. The van der Waals surface area contributed by atoms with E-state index in [1.165, 1.54) is 0 Å². The summed E-state index contributed by atoms with van der Waals surface area (Å²) < 4.78 is 5.65. The van der Waals surface area contributed by atoms with Gasteiger partial charge in [0.1, 0.15) is 11.8 Å². The average Bonchev–Trinajstić information content (AvgIpc) is 2.26. The van der Waals surface area contributed by atoms with Crippen LogP contribution in [0.3, 0.4) is 0 Å². The molecule has 0 fully saturated rings. The predicted molar refractivity (Wildman–Crippen MR) is 59.4 cm³/mol. The Labute approximate surface area is 94.0 Å². The van der Waals surface area contributed by atoms with Crippen LogP contribution in [0.25, 0.3) is 0 Å². The molecule has 4 heteroatoms. The Hall–Kier alpha value is -1.55. The maximum atomic E-state index is 10.9. The number of carboxylic acid groups (broad SMARTS) is 1. The van der Waals surface area contributed by atoms with Crippen molar-refractivity contribution in [2.45, 2.75) is 31.9 Å². The Balaban J connectivity index is 2.41. The van der Waals surface area contributed by atoms with Crippen molar-refractivity contribution in [1.29, 1.82) is 0 Å². The van der Waals surface area contributed by atoms with Gasteiger partial charge in [-0.3, -0.25) is 4.79 Å². The van der Waals surface area contributed by atoms with E-state index in [0.29, 0.717) is 5.56 Å².